The van der Waals surface area contributed by atoms with Gasteiger partial charge < -0.3 is 15.4 Å². The Hall–Kier alpha value is -2.82. The maximum Gasteiger partial charge on any atom is 0.262 e. The van der Waals surface area contributed by atoms with Crippen molar-refractivity contribution in [3.8, 4) is 5.75 Å². The number of fused-ring (bicyclic) bond motifs is 1. The topological polar surface area (TPSA) is 67.4 Å². The Morgan fingerprint density at radius 2 is 2.00 bits per heavy atom. The number of anilines is 1. The molecule has 0 bridgehead atoms. The number of hydrogen-bond donors (Lipinski definition) is 2. The lowest BCUT2D eigenvalue weighted by Gasteiger charge is -2.19. The Balaban J connectivity index is 1.75. The highest BCUT2D eigenvalue weighted by atomic mass is 16.5. The summed E-state index contributed by atoms with van der Waals surface area (Å²) in [5.74, 6) is 0.161. The summed E-state index contributed by atoms with van der Waals surface area (Å²) in [6.07, 6.45) is 0. The van der Waals surface area contributed by atoms with Crippen LogP contribution in [-0.4, -0.2) is 18.4 Å². The zero-order valence-corrected chi connectivity index (χ0v) is 12.1. The molecule has 1 aliphatic heterocycles. The monoisotopic (exact) mass is 296 g/mol. The Kier molecular flexibility index (Phi) is 3.78. The van der Waals surface area contributed by atoms with Crippen molar-refractivity contribution in [2.45, 2.75) is 13.0 Å². The largest absolute Gasteiger partial charge is 0.482 e. The number of rotatable bonds is 3. The van der Waals surface area contributed by atoms with E-state index in [4.69, 9.17) is 4.74 Å². The van der Waals surface area contributed by atoms with Crippen LogP contribution in [0.15, 0.2) is 48.5 Å². The van der Waals surface area contributed by atoms with Gasteiger partial charge in [-0.05, 0) is 30.7 Å². The smallest absolute Gasteiger partial charge is 0.262 e. The Morgan fingerprint density at radius 3 is 2.77 bits per heavy atom. The molecule has 1 unspecified atom stereocenters. The number of amides is 2. The van der Waals surface area contributed by atoms with Crippen molar-refractivity contribution < 1.29 is 14.3 Å². The van der Waals surface area contributed by atoms with E-state index in [1.165, 1.54) is 0 Å². The molecule has 1 aliphatic rings. The van der Waals surface area contributed by atoms with Crippen molar-refractivity contribution in [1.82, 2.24) is 5.32 Å². The number of carbonyl (C=O) groups is 2. The number of carbonyl (C=O) groups excluding carboxylic acids is 2. The summed E-state index contributed by atoms with van der Waals surface area (Å²) in [4.78, 5) is 23.7. The number of nitrogens with one attached hydrogen (secondary N) is 2. The van der Waals surface area contributed by atoms with Crippen LogP contribution in [0.25, 0.3) is 0 Å². The van der Waals surface area contributed by atoms with Crippen molar-refractivity contribution in [1.29, 1.82) is 0 Å². The van der Waals surface area contributed by atoms with Crippen LogP contribution in [0.4, 0.5) is 5.69 Å². The first kappa shape index (κ1) is 14.1. The highest BCUT2D eigenvalue weighted by Gasteiger charge is 2.18. The molecule has 2 aromatic carbocycles. The third-order valence-corrected chi connectivity index (χ3v) is 3.52. The van der Waals surface area contributed by atoms with Gasteiger partial charge in [-0.15, -0.1) is 0 Å². The Bertz CT molecular complexity index is 713. The quantitative estimate of drug-likeness (QED) is 0.914. The van der Waals surface area contributed by atoms with Crippen molar-refractivity contribution in [2.75, 3.05) is 11.9 Å². The van der Waals surface area contributed by atoms with E-state index in [9.17, 15) is 9.59 Å². The predicted octanol–water partition coefficient (Wildman–Crippen LogP) is 2.51. The van der Waals surface area contributed by atoms with Crippen LogP contribution in [0.1, 0.15) is 28.9 Å². The minimum atomic E-state index is -0.220. The molecule has 0 saturated carbocycles. The molecule has 112 valence electrons. The van der Waals surface area contributed by atoms with E-state index in [0.717, 1.165) is 5.56 Å². The lowest BCUT2D eigenvalue weighted by atomic mass is 10.1. The van der Waals surface area contributed by atoms with E-state index < -0.39 is 0 Å². The second kappa shape index (κ2) is 5.89. The average Bonchev–Trinajstić information content (AvgIpc) is 2.54. The fraction of sp³-hybridized carbons (Fsp3) is 0.176. The standard InChI is InChI=1S/C17H16N2O3/c1-11(12-5-3-2-4-6-12)18-17(21)13-7-8-15-14(9-13)19-16(20)10-22-15/h2-9,11H,10H2,1H3,(H,18,21)(H,19,20). The first-order valence-electron chi connectivity index (χ1n) is 7.06. The maximum absolute atomic E-state index is 12.3. The fourth-order valence-electron chi connectivity index (χ4n) is 2.33. The summed E-state index contributed by atoms with van der Waals surface area (Å²) in [7, 11) is 0. The van der Waals surface area contributed by atoms with Crippen molar-refractivity contribution in [3.63, 3.8) is 0 Å². The number of ether oxygens (including phenoxy) is 1. The first-order valence-corrected chi connectivity index (χ1v) is 7.06. The molecule has 5 nitrogen and oxygen atoms in total. The number of hydrogen-bond acceptors (Lipinski definition) is 3. The first-order chi connectivity index (χ1) is 10.6. The molecule has 0 saturated heterocycles. The molecular formula is C17H16N2O3. The van der Waals surface area contributed by atoms with E-state index in [1.807, 2.05) is 37.3 Å². The van der Waals surface area contributed by atoms with Crippen LogP contribution in [0.3, 0.4) is 0 Å². The van der Waals surface area contributed by atoms with E-state index >= 15 is 0 Å². The van der Waals surface area contributed by atoms with E-state index in [0.29, 0.717) is 17.0 Å². The van der Waals surface area contributed by atoms with Crippen LogP contribution in [0.2, 0.25) is 0 Å². The maximum atomic E-state index is 12.3. The third kappa shape index (κ3) is 2.93. The molecule has 2 aromatic rings. The van der Waals surface area contributed by atoms with Crippen molar-refractivity contribution in [3.05, 3.63) is 59.7 Å². The average molecular weight is 296 g/mol. The molecule has 0 fully saturated rings. The zero-order chi connectivity index (χ0) is 15.5. The van der Waals surface area contributed by atoms with Gasteiger partial charge in [-0.3, -0.25) is 9.59 Å². The summed E-state index contributed by atoms with van der Waals surface area (Å²) in [6.45, 7) is 1.93. The van der Waals surface area contributed by atoms with Crippen LogP contribution < -0.4 is 15.4 Å². The van der Waals surface area contributed by atoms with E-state index in [-0.39, 0.29) is 24.5 Å². The molecule has 22 heavy (non-hydrogen) atoms. The second-order valence-corrected chi connectivity index (χ2v) is 5.15. The molecule has 3 rings (SSSR count). The normalized spacial score (nSPS) is 14.3. The van der Waals surface area contributed by atoms with Gasteiger partial charge in [-0.2, -0.15) is 0 Å². The molecule has 0 aromatic heterocycles. The Morgan fingerprint density at radius 1 is 1.23 bits per heavy atom. The summed E-state index contributed by atoms with van der Waals surface area (Å²) in [5.41, 5.74) is 2.04. The second-order valence-electron chi connectivity index (χ2n) is 5.15. The van der Waals surface area contributed by atoms with Crippen LogP contribution in [0.5, 0.6) is 5.75 Å². The molecule has 5 heteroatoms. The molecule has 1 heterocycles. The van der Waals surface area contributed by atoms with Gasteiger partial charge in [-0.25, -0.2) is 0 Å². The lowest BCUT2D eigenvalue weighted by Crippen LogP contribution is -2.28. The summed E-state index contributed by atoms with van der Waals surface area (Å²) >= 11 is 0. The van der Waals surface area contributed by atoms with Gasteiger partial charge in [0, 0.05) is 5.56 Å². The van der Waals surface area contributed by atoms with Crippen LogP contribution >= 0.6 is 0 Å². The SMILES string of the molecule is CC(NC(=O)c1ccc2c(c1)NC(=O)CO2)c1ccccc1. The number of benzene rings is 2. The molecule has 0 aliphatic carbocycles. The highest BCUT2D eigenvalue weighted by molar-refractivity contribution is 5.99. The summed E-state index contributed by atoms with van der Waals surface area (Å²) < 4.78 is 5.28. The van der Waals surface area contributed by atoms with E-state index in [2.05, 4.69) is 10.6 Å². The van der Waals surface area contributed by atoms with E-state index in [1.54, 1.807) is 18.2 Å². The van der Waals surface area contributed by atoms with Crippen LogP contribution in [-0.2, 0) is 4.79 Å². The van der Waals surface area contributed by atoms with Crippen molar-refractivity contribution >= 4 is 17.5 Å². The lowest BCUT2D eigenvalue weighted by molar-refractivity contribution is -0.118. The van der Waals surface area contributed by atoms with Gasteiger partial charge in [0.25, 0.3) is 11.8 Å². The van der Waals surface area contributed by atoms with Gasteiger partial charge in [0.2, 0.25) is 0 Å². The summed E-state index contributed by atoms with van der Waals surface area (Å²) in [6, 6.07) is 14.6. The van der Waals surface area contributed by atoms with Gasteiger partial charge >= 0.3 is 0 Å². The molecule has 1 atom stereocenters. The fourth-order valence-corrected chi connectivity index (χ4v) is 2.33. The molecular weight excluding hydrogens is 280 g/mol. The highest BCUT2D eigenvalue weighted by Crippen LogP contribution is 2.28. The van der Waals surface area contributed by atoms with Gasteiger partial charge in [-0.1, -0.05) is 30.3 Å². The summed E-state index contributed by atoms with van der Waals surface area (Å²) in [5, 5.41) is 5.63. The molecule has 2 N–H and O–H groups in total. The third-order valence-electron chi connectivity index (χ3n) is 3.52. The van der Waals surface area contributed by atoms with Gasteiger partial charge in [0.05, 0.1) is 11.7 Å². The predicted molar refractivity (Wildman–Crippen MR) is 82.9 cm³/mol. The van der Waals surface area contributed by atoms with Crippen molar-refractivity contribution in [2.24, 2.45) is 0 Å². The molecule has 0 radical (unpaired) electrons. The minimum Gasteiger partial charge on any atom is -0.482 e. The minimum absolute atomic E-state index is 0.00356. The van der Waals surface area contributed by atoms with Crippen LogP contribution in [0, 0.1) is 0 Å². The molecule has 2 amide bonds. The Labute approximate surface area is 128 Å². The zero-order valence-electron chi connectivity index (χ0n) is 12.1. The van der Waals surface area contributed by atoms with Gasteiger partial charge in [0.1, 0.15) is 5.75 Å². The van der Waals surface area contributed by atoms with Gasteiger partial charge in [0.15, 0.2) is 6.61 Å². The molecule has 0 spiro atoms.